The molecule has 21 heavy (non-hydrogen) atoms. The predicted octanol–water partition coefficient (Wildman–Crippen LogP) is 1.12. The molecular formula is C16H23N3O2. The second-order valence-electron chi connectivity index (χ2n) is 5.79. The molecule has 5 heteroatoms. The second-order valence-corrected chi connectivity index (χ2v) is 5.79. The highest BCUT2D eigenvalue weighted by atomic mass is 16.2. The summed E-state index contributed by atoms with van der Waals surface area (Å²) in [6.45, 7) is 1.11. The minimum Gasteiger partial charge on any atom is -0.366 e. The molecule has 114 valence electrons. The van der Waals surface area contributed by atoms with Gasteiger partial charge in [-0.05, 0) is 43.0 Å². The third-order valence-electron chi connectivity index (χ3n) is 4.31. The van der Waals surface area contributed by atoms with Crippen LogP contribution in [-0.2, 0) is 11.3 Å². The van der Waals surface area contributed by atoms with Crippen molar-refractivity contribution in [2.75, 3.05) is 13.6 Å². The molecule has 4 N–H and O–H groups in total. The van der Waals surface area contributed by atoms with E-state index in [4.69, 9.17) is 11.5 Å². The SMILES string of the molecule is CN(Cc1ccc(C(N)=O)cc1)C(=O)C1CCCC1CN. The maximum atomic E-state index is 12.5. The summed E-state index contributed by atoms with van der Waals surface area (Å²) < 4.78 is 0. The second kappa shape index (κ2) is 6.72. The molecular weight excluding hydrogens is 266 g/mol. The van der Waals surface area contributed by atoms with Gasteiger partial charge >= 0.3 is 0 Å². The lowest BCUT2D eigenvalue weighted by Gasteiger charge is -2.24. The molecule has 0 aromatic heterocycles. The molecule has 0 bridgehead atoms. The molecule has 2 atom stereocenters. The van der Waals surface area contributed by atoms with E-state index in [9.17, 15) is 9.59 Å². The van der Waals surface area contributed by atoms with Crippen LogP contribution in [0.15, 0.2) is 24.3 Å². The summed E-state index contributed by atoms with van der Waals surface area (Å²) in [5.74, 6) is 0.103. The highest BCUT2D eigenvalue weighted by Gasteiger charge is 2.33. The third-order valence-corrected chi connectivity index (χ3v) is 4.31. The summed E-state index contributed by atoms with van der Waals surface area (Å²) >= 11 is 0. The zero-order valence-electron chi connectivity index (χ0n) is 12.4. The number of nitrogens with two attached hydrogens (primary N) is 2. The molecule has 1 saturated carbocycles. The zero-order chi connectivity index (χ0) is 15.4. The summed E-state index contributed by atoms with van der Waals surface area (Å²) in [7, 11) is 1.82. The van der Waals surface area contributed by atoms with Crippen molar-refractivity contribution in [3.63, 3.8) is 0 Å². The number of rotatable bonds is 5. The maximum Gasteiger partial charge on any atom is 0.248 e. The van der Waals surface area contributed by atoms with Crippen LogP contribution in [0.2, 0.25) is 0 Å². The molecule has 1 aromatic rings. The third kappa shape index (κ3) is 3.61. The molecule has 5 nitrogen and oxygen atoms in total. The van der Waals surface area contributed by atoms with Gasteiger partial charge in [-0.3, -0.25) is 9.59 Å². The molecule has 2 rings (SSSR count). The number of nitrogens with zero attached hydrogens (tertiary/aromatic N) is 1. The highest BCUT2D eigenvalue weighted by Crippen LogP contribution is 2.32. The Kier molecular flexibility index (Phi) is 4.96. The monoisotopic (exact) mass is 289 g/mol. The Morgan fingerprint density at radius 3 is 2.48 bits per heavy atom. The van der Waals surface area contributed by atoms with E-state index < -0.39 is 5.91 Å². The molecule has 1 fully saturated rings. The Balaban J connectivity index is 1.98. The highest BCUT2D eigenvalue weighted by molar-refractivity contribution is 5.92. The van der Waals surface area contributed by atoms with Crippen LogP contribution in [0, 0.1) is 11.8 Å². The van der Waals surface area contributed by atoms with Crippen LogP contribution in [0.1, 0.15) is 35.2 Å². The zero-order valence-corrected chi connectivity index (χ0v) is 12.4. The Labute approximate surface area is 125 Å². The predicted molar refractivity (Wildman–Crippen MR) is 81.3 cm³/mol. The van der Waals surface area contributed by atoms with Crippen molar-refractivity contribution >= 4 is 11.8 Å². The molecule has 2 unspecified atom stereocenters. The number of hydrogen-bond donors (Lipinski definition) is 2. The fourth-order valence-electron chi connectivity index (χ4n) is 3.05. The molecule has 0 spiro atoms. The van der Waals surface area contributed by atoms with Gasteiger partial charge in [0.1, 0.15) is 0 Å². The van der Waals surface area contributed by atoms with Crippen molar-refractivity contribution < 1.29 is 9.59 Å². The minimum atomic E-state index is -0.442. The van der Waals surface area contributed by atoms with Gasteiger partial charge in [0, 0.05) is 25.1 Å². The van der Waals surface area contributed by atoms with E-state index in [0.29, 0.717) is 24.6 Å². The van der Waals surface area contributed by atoms with Crippen molar-refractivity contribution in [1.82, 2.24) is 4.90 Å². The fourth-order valence-corrected chi connectivity index (χ4v) is 3.05. The summed E-state index contributed by atoms with van der Waals surface area (Å²) in [6.07, 6.45) is 3.07. The largest absolute Gasteiger partial charge is 0.366 e. The van der Waals surface area contributed by atoms with Gasteiger partial charge < -0.3 is 16.4 Å². The number of carbonyl (C=O) groups excluding carboxylic acids is 2. The van der Waals surface area contributed by atoms with Crippen LogP contribution < -0.4 is 11.5 Å². The van der Waals surface area contributed by atoms with Gasteiger partial charge in [0.2, 0.25) is 11.8 Å². The van der Waals surface area contributed by atoms with Crippen LogP contribution in [-0.4, -0.2) is 30.3 Å². The van der Waals surface area contributed by atoms with Crippen molar-refractivity contribution in [3.05, 3.63) is 35.4 Å². The van der Waals surface area contributed by atoms with Crippen molar-refractivity contribution in [3.8, 4) is 0 Å². The van der Waals surface area contributed by atoms with E-state index in [2.05, 4.69) is 0 Å². The van der Waals surface area contributed by atoms with E-state index >= 15 is 0 Å². The van der Waals surface area contributed by atoms with E-state index in [-0.39, 0.29) is 11.8 Å². The molecule has 0 aliphatic heterocycles. The fraction of sp³-hybridized carbons (Fsp3) is 0.500. The van der Waals surface area contributed by atoms with E-state index in [1.807, 2.05) is 19.2 Å². The summed E-state index contributed by atoms with van der Waals surface area (Å²) in [4.78, 5) is 25.3. The maximum absolute atomic E-state index is 12.5. The van der Waals surface area contributed by atoms with Gasteiger partial charge in [0.15, 0.2) is 0 Å². The summed E-state index contributed by atoms with van der Waals surface area (Å²) in [6, 6.07) is 7.04. The molecule has 0 radical (unpaired) electrons. The quantitative estimate of drug-likeness (QED) is 0.851. The lowest BCUT2D eigenvalue weighted by Crippen LogP contribution is -2.36. The Morgan fingerprint density at radius 2 is 1.90 bits per heavy atom. The first-order valence-electron chi connectivity index (χ1n) is 7.36. The molecule has 2 amide bonds. The summed E-state index contributed by atoms with van der Waals surface area (Å²) in [5, 5.41) is 0. The molecule has 0 heterocycles. The smallest absolute Gasteiger partial charge is 0.248 e. The first-order chi connectivity index (χ1) is 10.0. The molecule has 1 aliphatic carbocycles. The first-order valence-corrected chi connectivity index (χ1v) is 7.36. The van der Waals surface area contributed by atoms with Gasteiger partial charge in [-0.25, -0.2) is 0 Å². The lowest BCUT2D eigenvalue weighted by molar-refractivity contribution is -0.135. The number of carbonyl (C=O) groups is 2. The minimum absolute atomic E-state index is 0.0601. The first kappa shape index (κ1) is 15.5. The molecule has 1 aromatic carbocycles. The molecule has 0 saturated heterocycles. The normalized spacial score (nSPS) is 21.2. The number of benzene rings is 1. The van der Waals surface area contributed by atoms with Crippen molar-refractivity contribution in [1.29, 1.82) is 0 Å². The van der Waals surface area contributed by atoms with E-state index in [1.54, 1.807) is 17.0 Å². The van der Waals surface area contributed by atoms with Crippen LogP contribution in [0.5, 0.6) is 0 Å². The van der Waals surface area contributed by atoms with Crippen molar-refractivity contribution in [2.45, 2.75) is 25.8 Å². The Hall–Kier alpha value is -1.88. The van der Waals surface area contributed by atoms with Gasteiger partial charge in [0.05, 0.1) is 0 Å². The number of amides is 2. The van der Waals surface area contributed by atoms with Crippen LogP contribution in [0.4, 0.5) is 0 Å². The van der Waals surface area contributed by atoms with E-state index in [0.717, 1.165) is 24.8 Å². The lowest BCUT2D eigenvalue weighted by atomic mass is 9.94. The van der Waals surface area contributed by atoms with Gasteiger partial charge in [-0.2, -0.15) is 0 Å². The average molecular weight is 289 g/mol. The van der Waals surface area contributed by atoms with Gasteiger partial charge in [0.25, 0.3) is 0 Å². The topological polar surface area (TPSA) is 89.4 Å². The van der Waals surface area contributed by atoms with Crippen molar-refractivity contribution in [2.24, 2.45) is 23.3 Å². The van der Waals surface area contributed by atoms with Gasteiger partial charge in [-0.1, -0.05) is 18.6 Å². The molecule has 1 aliphatic rings. The number of primary amides is 1. The Bertz CT molecular complexity index is 513. The summed E-state index contributed by atoms with van der Waals surface area (Å²) in [5.41, 5.74) is 12.4. The van der Waals surface area contributed by atoms with Gasteiger partial charge in [-0.15, -0.1) is 0 Å². The van der Waals surface area contributed by atoms with Crippen LogP contribution in [0.3, 0.4) is 0 Å². The Morgan fingerprint density at radius 1 is 1.24 bits per heavy atom. The standard InChI is InChI=1S/C16H23N3O2/c1-19(16(21)14-4-2-3-13(14)9-17)10-11-5-7-12(8-6-11)15(18)20/h5-8,13-14H,2-4,9-10,17H2,1H3,(H2,18,20). The van der Waals surface area contributed by atoms with Crippen LogP contribution >= 0.6 is 0 Å². The van der Waals surface area contributed by atoms with E-state index in [1.165, 1.54) is 0 Å². The van der Waals surface area contributed by atoms with Crippen LogP contribution in [0.25, 0.3) is 0 Å². The average Bonchev–Trinajstić information content (AvgIpc) is 2.95. The number of hydrogen-bond acceptors (Lipinski definition) is 3.